The van der Waals surface area contributed by atoms with Crippen molar-refractivity contribution in [2.24, 2.45) is 11.7 Å². The molecule has 33 heavy (non-hydrogen) atoms. The van der Waals surface area contributed by atoms with E-state index in [1.165, 1.54) is 0 Å². The molecule has 1 fully saturated rings. The highest BCUT2D eigenvalue weighted by Gasteiger charge is 2.39. The molecule has 1 aromatic carbocycles. The highest BCUT2D eigenvalue weighted by molar-refractivity contribution is 7.09. The summed E-state index contributed by atoms with van der Waals surface area (Å²) in [7, 11) is 0. The second kappa shape index (κ2) is 11.0. The largest absolute Gasteiger partial charge is 0.395 e. The fourth-order valence-corrected chi connectivity index (χ4v) is 4.96. The molecule has 1 heterocycles. The van der Waals surface area contributed by atoms with E-state index in [1.807, 2.05) is 0 Å². The summed E-state index contributed by atoms with van der Waals surface area (Å²) in [5.74, 6) is -1.06. The lowest BCUT2D eigenvalue weighted by molar-refractivity contribution is -0.126. The number of benzene rings is 1. The van der Waals surface area contributed by atoms with Crippen LogP contribution in [0.25, 0.3) is 0 Å². The minimum absolute atomic E-state index is 0.0458. The molecule has 0 aliphatic heterocycles. The highest BCUT2D eigenvalue weighted by Crippen LogP contribution is 2.35. The van der Waals surface area contributed by atoms with Gasteiger partial charge in [-0.25, -0.2) is 0 Å². The van der Waals surface area contributed by atoms with Gasteiger partial charge in [0.2, 0.25) is 5.91 Å². The average molecular weight is 492 g/mol. The van der Waals surface area contributed by atoms with Gasteiger partial charge in [-0.1, -0.05) is 50.4 Å². The number of hydrogen-bond donors (Lipinski definition) is 3. The lowest BCUT2D eigenvalue weighted by Gasteiger charge is -2.36. The second-order valence-corrected chi connectivity index (χ2v) is 9.93. The molecular formula is C23H30ClN5O3S. The number of halogens is 1. The maximum Gasteiger partial charge on any atom is 0.270 e. The van der Waals surface area contributed by atoms with Crippen LogP contribution in [0.1, 0.15) is 77.7 Å². The fourth-order valence-electron chi connectivity index (χ4n) is 4.09. The molecule has 1 aliphatic carbocycles. The van der Waals surface area contributed by atoms with Gasteiger partial charge in [-0.2, -0.15) is 4.37 Å². The SMILES string of the molecule is CC(C)CCNC(=O)C(c1ccc(Cl)cc1)N(C(=O)c1snc(C(N)=O)c1N)C1CCCC1. The lowest BCUT2D eigenvalue weighted by Crippen LogP contribution is -2.48. The molecule has 2 aromatic rings. The Labute approximate surface area is 202 Å². The molecule has 1 aromatic heterocycles. The zero-order valence-corrected chi connectivity index (χ0v) is 20.4. The zero-order valence-electron chi connectivity index (χ0n) is 18.8. The van der Waals surface area contributed by atoms with E-state index < -0.39 is 17.9 Å². The number of nitrogens with one attached hydrogen (secondary N) is 1. The van der Waals surface area contributed by atoms with E-state index in [4.69, 9.17) is 23.1 Å². The van der Waals surface area contributed by atoms with Gasteiger partial charge in [0, 0.05) is 17.6 Å². The Kier molecular flexibility index (Phi) is 8.31. The van der Waals surface area contributed by atoms with Crippen LogP contribution in [-0.2, 0) is 4.79 Å². The van der Waals surface area contributed by atoms with Crippen molar-refractivity contribution in [3.8, 4) is 0 Å². The summed E-state index contributed by atoms with van der Waals surface area (Å²) in [6, 6.07) is 5.91. The number of nitrogen functional groups attached to an aromatic ring is 1. The Morgan fingerprint density at radius 2 is 1.85 bits per heavy atom. The molecule has 178 valence electrons. The number of anilines is 1. The molecule has 0 spiro atoms. The topological polar surface area (TPSA) is 131 Å². The Hall–Kier alpha value is -2.65. The average Bonchev–Trinajstić information content (AvgIpc) is 3.42. The number of hydrogen-bond acceptors (Lipinski definition) is 6. The predicted molar refractivity (Wildman–Crippen MR) is 130 cm³/mol. The minimum Gasteiger partial charge on any atom is -0.395 e. The summed E-state index contributed by atoms with van der Waals surface area (Å²) in [4.78, 5) is 40.7. The van der Waals surface area contributed by atoms with Gasteiger partial charge >= 0.3 is 0 Å². The number of rotatable bonds is 9. The Balaban J connectivity index is 2.04. The number of carbonyl (C=O) groups excluding carboxylic acids is 3. The molecule has 5 N–H and O–H groups in total. The Bertz CT molecular complexity index is 1000. The van der Waals surface area contributed by atoms with E-state index >= 15 is 0 Å². The van der Waals surface area contributed by atoms with Crippen molar-refractivity contribution in [3.63, 3.8) is 0 Å². The van der Waals surface area contributed by atoms with Crippen LogP contribution in [0.5, 0.6) is 0 Å². The van der Waals surface area contributed by atoms with Crippen LogP contribution in [0.3, 0.4) is 0 Å². The van der Waals surface area contributed by atoms with Crippen LogP contribution < -0.4 is 16.8 Å². The first-order chi connectivity index (χ1) is 15.7. The van der Waals surface area contributed by atoms with Crippen molar-refractivity contribution in [1.29, 1.82) is 0 Å². The van der Waals surface area contributed by atoms with Crippen LogP contribution in [-0.4, -0.2) is 39.6 Å². The van der Waals surface area contributed by atoms with Gasteiger partial charge in [-0.15, -0.1) is 0 Å². The van der Waals surface area contributed by atoms with E-state index in [1.54, 1.807) is 29.2 Å². The van der Waals surface area contributed by atoms with Crippen molar-refractivity contribution < 1.29 is 14.4 Å². The van der Waals surface area contributed by atoms with E-state index in [9.17, 15) is 14.4 Å². The first-order valence-corrected chi connectivity index (χ1v) is 12.3. The van der Waals surface area contributed by atoms with Gasteiger partial charge in [0.1, 0.15) is 10.9 Å². The third-order valence-corrected chi connectivity index (χ3v) is 6.94. The number of amides is 3. The van der Waals surface area contributed by atoms with Crippen molar-refractivity contribution in [2.45, 2.75) is 58.0 Å². The molecule has 3 rings (SSSR count). The monoisotopic (exact) mass is 491 g/mol. The standard InChI is InChI=1S/C23H30ClN5O3S/c1-13(2)11-12-27-22(31)19(14-7-9-15(24)10-8-14)29(16-5-3-4-6-16)23(32)20-17(25)18(21(26)30)28-33-20/h7-10,13,16,19H,3-6,11-12,25H2,1-2H3,(H2,26,30)(H,27,31). The van der Waals surface area contributed by atoms with Gasteiger partial charge < -0.3 is 21.7 Å². The molecule has 0 radical (unpaired) electrons. The van der Waals surface area contributed by atoms with Crippen molar-refractivity contribution in [3.05, 3.63) is 45.4 Å². The quantitative estimate of drug-likeness (QED) is 0.491. The molecule has 3 amide bonds. The molecule has 10 heteroatoms. The molecule has 0 bridgehead atoms. The molecule has 1 aliphatic rings. The van der Waals surface area contributed by atoms with E-state index in [0.717, 1.165) is 43.6 Å². The summed E-state index contributed by atoms with van der Waals surface area (Å²) in [5, 5.41) is 3.53. The number of nitrogens with two attached hydrogens (primary N) is 2. The fraction of sp³-hybridized carbons (Fsp3) is 0.478. The minimum atomic E-state index is -0.872. The van der Waals surface area contributed by atoms with Crippen molar-refractivity contribution in [2.75, 3.05) is 12.3 Å². The summed E-state index contributed by atoms with van der Waals surface area (Å²) in [5.41, 5.74) is 11.9. The molecule has 1 atom stereocenters. The predicted octanol–water partition coefficient (Wildman–Crippen LogP) is 3.77. The number of primary amides is 1. The van der Waals surface area contributed by atoms with Gasteiger partial charge in [0.15, 0.2) is 5.69 Å². The Morgan fingerprint density at radius 1 is 1.21 bits per heavy atom. The Morgan fingerprint density at radius 3 is 2.39 bits per heavy atom. The van der Waals surface area contributed by atoms with Gasteiger partial charge in [-0.3, -0.25) is 14.4 Å². The maximum atomic E-state index is 13.8. The summed E-state index contributed by atoms with van der Waals surface area (Å²) in [6.45, 7) is 4.67. The second-order valence-electron chi connectivity index (χ2n) is 8.72. The highest BCUT2D eigenvalue weighted by atomic mass is 35.5. The van der Waals surface area contributed by atoms with Crippen LogP contribution >= 0.6 is 23.1 Å². The maximum absolute atomic E-state index is 13.8. The third kappa shape index (κ3) is 5.83. The van der Waals surface area contributed by atoms with E-state index in [2.05, 4.69) is 23.5 Å². The van der Waals surface area contributed by atoms with Crippen molar-refractivity contribution in [1.82, 2.24) is 14.6 Å². The van der Waals surface area contributed by atoms with Crippen molar-refractivity contribution >= 4 is 46.5 Å². The van der Waals surface area contributed by atoms with Crippen LogP contribution in [0.4, 0.5) is 5.69 Å². The smallest absolute Gasteiger partial charge is 0.270 e. The van der Waals surface area contributed by atoms with Crippen LogP contribution in [0.15, 0.2) is 24.3 Å². The number of aromatic nitrogens is 1. The van der Waals surface area contributed by atoms with E-state index in [0.29, 0.717) is 23.0 Å². The number of carbonyl (C=O) groups is 3. The van der Waals surface area contributed by atoms with Crippen LogP contribution in [0.2, 0.25) is 5.02 Å². The van der Waals surface area contributed by atoms with Gasteiger partial charge in [-0.05, 0) is 54.4 Å². The third-order valence-electron chi connectivity index (χ3n) is 5.84. The first-order valence-electron chi connectivity index (χ1n) is 11.1. The van der Waals surface area contributed by atoms with Gasteiger partial charge in [0.25, 0.3) is 11.8 Å². The molecule has 1 unspecified atom stereocenters. The van der Waals surface area contributed by atoms with Gasteiger partial charge in [0.05, 0.1) is 5.69 Å². The first kappa shape index (κ1) is 25.0. The zero-order chi connectivity index (χ0) is 24.1. The number of nitrogens with zero attached hydrogens (tertiary/aromatic N) is 2. The summed E-state index contributed by atoms with van der Waals surface area (Å²) < 4.78 is 3.98. The summed E-state index contributed by atoms with van der Waals surface area (Å²) >= 11 is 6.91. The normalized spacial score (nSPS) is 14.9. The summed E-state index contributed by atoms with van der Waals surface area (Å²) in [6.07, 6.45) is 4.29. The van der Waals surface area contributed by atoms with E-state index in [-0.39, 0.29) is 28.2 Å². The molecule has 0 saturated heterocycles. The molecule has 1 saturated carbocycles. The molecular weight excluding hydrogens is 462 g/mol. The van der Waals surface area contributed by atoms with Crippen LogP contribution in [0, 0.1) is 5.92 Å². The lowest BCUT2D eigenvalue weighted by atomic mass is 10.00. The molecule has 8 nitrogen and oxygen atoms in total.